The fraction of sp³-hybridized carbons (Fsp3) is 0.833. The molecule has 0 aliphatic carbocycles. The van der Waals surface area contributed by atoms with Gasteiger partial charge in [0.05, 0.1) is 6.61 Å². The second-order valence-electron chi connectivity index (χ2n) is 7.14. The van der Waals surface area contributed by atoms with Gasteiger partial charge in [-0.15, -0.1) is 0 Å². The molecule has 0 aromatic carbocycles. The van der Waals surface area contributed by atoms with E-state index in [-0.39, 0.29) is 29.8 Å². The lowest BCUT2D eigenvalue weighted by molar-refractivity contribution is -0.179. The van der Waals surface area contributed by atoms with Crippen molar-refractivity contribution in [1.82, 2.24) is 5.32 Å². The van der Waals surface area contributed by atoms with Crippen LogP contribution in [-0.4, -0.2) is 50.8 Å². The first kappa shape index (κ1) is 20.9. The molecule has 24 heavy (non-hydrogen) atoms. The Balaban J connectivity index is 2.99. The van der Waals surface area contributed by atoms with E-state index in [1.165, 1.54) is 0 Å². The summed E-state index contributed by atoms with van der Waals surface area (Å²) in [6.45, 7) is 9.89. The zero-order valence-electron chi connectivity index (χ0n) is 15.6. The van der Waals surface area contributed by atoms with Gasteiger partial charge < -0.3 is 24.6 Å². The number of rotatable bonds is 9. The summed E-state index contributed by atoms with van der Waals surface area (Å²) < 4.78 is 16.6. The molecule has 0 bridgehead atoms. The minimum atomic E-state index is -0.473. The van der Waals surface area contributed by atoms with Crippen LogP contribution in [-0.2, 0) is 19.0 Å². The molecule has 0 spiro atoms. The first-order valence-corrected chi connectivity index (χ1v) is 8.73. The van der Waals surface area contributed by atoms with Crippen molar-refractivity contribution in [3.63, 3.8) is 0 Å². The Bertz CT molecular complexity index is 416. The topological polar surface area (TPSA) is 77.0 Å². The van der Waals surface area contributed by atoms with Crippen LogP contribution in [0.2, 0.25) is 0 Å². The van der Waals surface area contributed by atoms with Crippen LogP contribution in [0.4, 0.5) is 0 Å². The van der Waals surface area contributed by atoms with E-state index in [1.807, 2.05) is 13.0 Å². The minimum absolute atomic E-state index is 0.0443. The predicted octanol–water partition coefficient (Wildman–Crippen LogP) is 2.08. The number of aliphatic hydroxyl groups is 1. The molecule has 0 fully saturated rings. The Morgan fingerprint density at radius 2 is 2.12 bits per heavy atom. The Kier molecular flexibility index (Phi) is 8.73. The number of carbonyl (C=O) groups is 1. The van der Waals surface area contributed by atoms with Gasteiger partial charge in [0.25, 0.3) is 5.91 Å². The van der Waals surface area contributed by atoms with E-state index >= 15 is 0 Å². The number of amides is 1. The number of methoxy groups -OCH3 is 1. The number of allylic oxidation sites excluding steroid dienone is 1. The van der Waals surface area contributed by atoms with E-state index in [0.717, 1.165) is 6.42 Å². The van der Waals surface area contributed by atoms with Crippen molar-refractivity contribution in [2.45, 2.75) is 46.8 Å². The molecular formula is C18H33NO5. The lowest BCUT2D eigenvalue weighted by Crippen LogP contribution is -2.43. The molecule has 0 aromatic heterocycles. The number of hydrogen-bond acceptors (Lipinski definition) is 5. The van der Waals surface area contributed by atoms with E-state index in [2.05, 4.69) is 26.1 Å². The fourth-order valence-corrected chi connectivity index (χ4v) is 3.05. The van der Waals surface area contributed by atoms with Crippen LogP contribution >= 0.6 is 0 Å². The molecular weight excluding hydrogens is 310 g/mol. The molecule has 0 aromatic rings. The lowest BCUT2D eigenvalue weighted by atomic mass is 9.70. The average molecular weight is 343 g/mol. The minimum Gasteiger partial charge on any atom is -0.459 e. The summed E-state index contributed by atoms with van der Waals surface area (Å²) in [5, 5.41) is 12.0. The van der Waals surface area contributed by atoms with E-state index in [0.29, 0.717) is 31.9 Å². The van der Waals surface area contributed by atoms with Crippen molar-refractivity contribution < 1.29 is 24.1 Å². The quantitative estimate of drug-likeness (QED) is 0.627. The zero-order chi connectivity index (χ0) is 18.2. The molecule has 1 heterocycles. The molecule has 0 radical (unpaired) electrons. The van der Waals surface area contributed by atoms with Crippen LogP contribution in [0.25, 0.3) is 0 Å². The highest BCUT2D eigenvalue weighted by molar-refractivity contribution is 5.91. The Morgan fingerprint density at radius 1 is 1.42 bits per heavy atom. The Labute approximate surface area is 145 Å². The molecule has 1 amide bonds. The molecule has 3 atom stereocenters. The maximum atomic E-state index is 12.4. The summed E-state index contributed by atoms with van der Waals surface area (Å²) in [7, 11) is 1.59. The molecule has 6 nitrogen and oxygen atoms in total. The van der Waals surface area contributed by atoms with Gasteiger partial charge in [0.15, 0.2) is 5.76 Å². The fourth-order valence-electron chi connectivity index (χ4n) is 3.05. The molecule has 140 valence electrons. The third-order valence-electron chi connectivity index (χ3n) is 4.23. The number of ether oxygens (including phenoxy) is 3. The summed E-state index contributed by atoms with van der Waals surface area (Å²) in [4.78, 5) is 12.4. The first-order chi connectivity index (χ1) is 11.3. The smallest absolute Gasteiger partial charge is 0.286 e. The Morgan fingerprint density at radius 3 is 2.67 bits per heavy atom. The highest BCUT2D eigenvalue weighted by Gasteiger charge is 2.41. The van der Waals surface area contributed by atoms with Gasteiger partial charge in [-0.2, -0.15) is 0 Å². The second-order valence-corrected chi connectivity index (χ2v) is 7.14. The maximum Gasteiger partial charge on any atom is 0.286 e. The van der Waals surface area contributed by atoms with Gasteiger partial charge in [-0.25, -0.2) is 0 Å². The number of carbonyl (C=O) groups excluding carboxylic acids is 1. The summed E-state index contributed by atoms with van der Waals surface area (Å²) >= 11 is 0. The summed E-state index contributed by atoms with van der Waals surface area (Å²) in [6.07, 6.45) is 2.92. The number of aliphatic hydroxyl groups excluding tert-OH is 1. The second kappa shape index (κ2) is 10.0. The summed E-state index contributed by atoms with van der Waals surface area (Å²) in [6, 6.07) is 0. The molecule has 6 heteroatoms. The van der Waals surface area contributed by atoms with Crippen LogP contribution < -0.4 is 5.32 Å². The van der Waals surface area contributed by atoms with Gasteiger partial charge >= 0.3 is 0 Å². The Hall–Kier alpha value is -1.11. The van der Waals surface area contributed by atoms with E-state index in [9.17, 15) is 9.90 Å². The van der Waals surface area contributed by atoms with Crippen molar-refractivity contribution in [2.75, 3.05) is 33.5 Å². The normalized spacial score (nSPS) is 24.2. The maximum absolute atomic E-state index is 12.4. The van der Waals surface area contributed by atoms with Crippen molar-refractivity contribution in [3.8, 4) is 0 Å². The number of nitrogens with one attached hydrogen (secondary N) is 1. The van der Waals surface area contributed by atoms with Gasteiger partial charge in [0.1, 0.15) is 0 Å². The van der Waals surface area contributed by atoms with Gasteiger partial charge in [-0.3, -0.25) is 4.79 Å². The van der Waals surface area contributed by atoms with E-state index in [1.54, 1.807) is 7.11 Å². The molecule has 0 saturated carbocycles. The molecule has 1 aliphatic rings. The summed E-state index contributed by atoms with van der Waals surface area (Å²) in [5.74, 6) is 0.293. The van der Waals surface area contributed by atoms with Crippen LogP contribution in [0.15, 0.2) is 11.8 Å². The van der Waals surface area contributed by atoms with Crippen molar-refractivity contribution >= 4 is 5.91 Å². The summed E-state index contributed by atoms with van der Waals surface area (Å²) in [5.41, 5.74) is -0.0443. The molecule has 2 N–H and O–H groups in total. The van der Waals surface area contributed by atoms with Crippen molar-refractivity contribution in [3.05, 3.63) is 11.8 Å². The van der Waals surface area contributed by atoms with E-state index in [4.69, 9.17) is 14.2 Å². The van der Waals surface area contributed by atoms with Gasteiger partial charge in [-0.1, -0.05) is 20.8 Å². The van der Waals surface area contributed by atoms with E-state index < -0.39 is 6.29 Å². The highest BCUT2D eigenvalue weighted by atomic mass is 16.7. The highest BCUT2D eigenvalue weighted by Crippen LogP contribution is 2.42. The monoisotopic (exact) mass is 343 g/mol. The predicted molar refractivity (Wildman–Crippen MR) is 92.2 cm³/mol. The third-order valence-corrected chi connectivity index (χ3v) is 4.23. The SMILES string of the molecule is CCO[C@@H]1OC(C(=O)NCCOC)=C[C@H](C(C)(C)C)[C@@H]1CCCO. The molecule has 1 rings (SSSR count). The average Bonchev–Trinajstić information content (AvgIpc) is 2.52. The van der Waals surface area contributed by atoms with Crippen LogP contribution in [0.5, 0.6) is 0 Å². The zero-order valence-corrected chi connectivity index (χ0v) is 15.6. The van der Waals surface area contributed by atoms with Crippen molar-refractivity contribution in [2.24, 2.45) is 17.3 Å². The van der Waals surface area contributed by atoms with Gasteiger partial charge in [0, 0.05) is 32.8 Å². The van der Waals surface area contributed by atoms with Crippen molar-refractivity contribution in [1.29, 1.82) is 0 Å². The molecule has 1 aliphatic heterocycles. The lowest BCUT2D eigenvalue weighted by Gasteiger charge is -2.42. The third kappa shape index (κ3) is 6.07. The standard InChI is InChI=1S/C18H33NO5/c1-6-23-17-13(8-7-10-20)14(18(2,3)4)12-15(24-17)16(21)19-9-11-22-5/h12-14,17,20H,6-11H2,1-5H3,(H,19,21)/t13-,14-,17+/m0/s1. The van der Waals surface area contributed by atoms with Crippen LogP contribution in [0, 0.1) is 17.3 Å². The van der Waals surface area contributed by atoms with Crippen LogP contribution in [0.1, 0.15) is 40.5 Å². The van der Waals surface area contributed by atoms with Crippen LogP contribution in [0.3, 0.4) is 0 Å². The largest absolute Gasteiger partial charge is 0.459 e. The first-order valence-electron chi connectivity index (χ1n) is 8.73. The molecule has 0 saturated heterocycles. The van der Waals surface area contributed by atoms with Gasteiger partial charge in [-0.05, 0) is 37.2 Å². The van der Waals surface area contributed by atoms with Gasteiger partial charge in [0.2, 0.25) is 6.29 Å². The number of hydrogen-bond donors (Lipinski definition) is 2. The molecule has 0 unspecified atom stereocenters.